The van der Waals surface area contributed by atoms with Gasteiger partial charge in [-0.1, -0.05) is 49.4 Å². The third kappa shape index (κ3) is 8.84. The molecule has 3 rings (SSSR count). The molecule has 9 nitrogen and oxygen atoms in total. The number of carbonyl (C=O) groups is 2. The fraction of sp³-hybridized carbons (Fsp3) is 0.576. The Labute approximate surface area is 250 Å². The summed E-state index contributed by atoms with van der Waals surface area (Å²) in [7, 11) is 3.93. The van der Waals surface area contributed by atoms with Crippen LogP contribution in [0.15, 0.2) is 42.5 Å². The van der Waals surface area contributed by atoms with E-state index in [0.717, 1.165) is 47.2 Å². The Morgan fingerprint density at radius 3 is 2.29 bits per heavy atom. The van der Waals surface area contributed by atoms with Crippen LogP contribution in [0.3, 0.4) is 0 Å². The largest absolute Gasteiger partial charge is 0.388 e. The summed E-state index contributed by atoms with van der Waals surface area (Å²) in [5.74, 6) is -0.692. The first kappa shape index (κ1) is 33.7. The van der Waals surface area contributed by atoms with Gasteiger partial charge in [0.2, 0.25) is 11.8 Å². The second-order valence-electron chi connectivity index (χ2n) is 12.2. The predicted molar refractivity (Wildman–Crippen MR) is 163 cm³/mol. The third-order valence-corrected chi connectivity index (χ3v) is 8.34. The van der Waals surface area contributed by atoms with Crippen LogP contribution in [0.2, 0.25) is 0 Å². The molecule has 232 valence electrons. The number of ether oxygens (including phenoxy) is 1. The number of hydrogen-bond donors (Lipinski definition) is 5. The van der Waals surface area contributed by atoms with Crippen molar-refractivity contribution in [2.75, 3.05) is 20.6 Å². The van der Waals surface area contributed by atoms with E-state index in [1.54, 1.807) is 6.92 Å². The number of aliphatic hydroxyl groups is 3. The molecule has 1 aliphatic rings. The van der Waals surface area contributed by atoms with Crippen molar-refractivity contribution in [3.63, 3.8) is 0 Å². The Balaban J connectivity index is 1.56. The van der Waals surface area contributed by atoms with Gasteiger partial charge in [-0.05, 0) is 101 Å². The van der Waals surface area contributed by atoms with Gasteiger partial charge in [0.05, 0.1) is 6.10 Å². The van der Waals surface area contributed by atoms with Crippen LogP contribution in [-0.4, -0.2) is 82.6 Å². The average Bonchev–Trinajstić information content (AvgIpc) is 2.94. The fourth-order valence-electron chi connectivity index (χ4n) is 5.49. The molecule has 42 heavy (non-hydrogen) atoms. The van der Waals surface area contributed by atoms with E-state index in [1.165, 1.54) is 0 Å². The van der Waals surface area contributed by atoms with Crippen LogP contribution in [0.1, 0.15) is 79.9 Å². The van der Waals surface area contributed by atoms with Crippen LogP contribution < -0.4 is 11.1 Å². The number of aliphatic hydroxyl groups excluding tert-OH is 3. The lowest BCUT2D eigenvalue weighted by Crippen LogP contribution is -2.55. The van der Waals surface area contributed by atoms with Crippen LogP contribution in [-0.2, 0) is 27.2 Å². The molecule has 1 aliphatic heterocycles. The molecule has 1 heterocycles. The van der Waals surface area contributed by atoms with Crippen molar-refractivity contribution in [1.29, 1.82) is 0 Å². The first-order chi connectivity index (χ1) is 19.8. The van der Waals surface area contributed by atoms with Crippen LogP contribution in [0.25, 0.3) is 0 Å². The van der Waals surface area contributed by atoms with Gasteiger partial charge in [0.15, 0.2) is 0 Å². The summed E-state index contributed by atoms with van der Waals surface area (Å²) in [4.78, 5) is 26.7. The molecule has 1 unspecified atom stereocenters. The first-order valence-electron chi connectivity index (χ1n) is 15.0. The van der Waals surface area contributed by atoms with Crippen molar-refractivity contribution in [1.82, 2.24) is 10.2 Å². The average molecular weight is 584 g/mol. The van der Waals surface area contributed by atoms with E-state index in [-0.39, 0.29) is 5.91 Å². The molecule has 0 aliphatic carbocycles. The maximum Gasteiger partial charge on any atom is 0.242 e. The number of nitrogens with two attached hydrogens (primary N) is 1. The highest BCUT2D eigenvalue weighted by Gasteiger charge is 2.43. The van der Waals surface area contributed by atoms with Gasteiger partial charge in [-0.2, -0.15) is 0 Å². The number of primary amides is 1. The van der Waals surface area contributed by atoms with Gasteiger partial charge < -0.3 is 36.0 Å². The molecule has 0 saturated carbocycles. The zero-order valence-corrected chi connectivity index (χ0v) is 25.7. The summed E-state index contributed by atoms with van der Waals surface area (Å²) in [5.41, 5.74) is 9.77. The number of aryl methyl sites for hydroxylation is 2. The summed E-state index contributed by atoms with van der Waals surface area (Å²) in [6.07, 6.45) is -0.693. The zero-order chi connectivity index (χ0) is 31.0. The van der Waals surface area contributed by atoms with Gasteiger partial charge >= 0.3 is 0 Å². The van der Waals surface area contributed by atoms with Crippen LogP contribution in [0.4, 0.5) is 0 Å². The SMILES string of the molecule is CC[C@H]1O[C@@H](c2ccc(C)c(Cc3ccc(CCCC(=O)NC(C)(CCCN(C)C)C(N)=O)cc3)c2)[C@H](O)[C@@H](O)[C@@H]1O. The minimum atomic E-state index is -1.27. The number of nitrogens with one attached hydrogen (secondary N) is 1. The number of hydrogen-bond acceptors (Lipinski definition) is 7. The van der Waals surface area contributed by atoms with E-state index in [9.17, 15) is 24.9 Å². The predicted octanol–water partition coefficient (Wildman–Crippen LogP) is 2.54. The summed E-state index contributed by atoms with van der Waals surface area (Å²) < 4.78 is 5.98. The Morgan fingerprint density at radius 1 is 1.00 bits per heavy atom. The van der Waals surface area contributed by atoms with E-state index >= 15 is 0 Å². The highest BCUT2D eigenvalue weighted by molar-refractivity contribution is 5.90. The molecule has 0 aromatic heterocycles. The van der Waals surface area contributed by atoms with Crippen molar-refractivity contribution in [2.24, 2.45) is 5.73 Å². The van der Waals surface area contributed by atoms with Crippen molar-refractivity contribution in [3.8, 4) is 0 Å². The van der Waals surface area contributed by atoms with Gasteiger partial charge in [0.1, 0.15) is 30.0 Å². The highest BCUT2D eigenvalue weighted by atomic mass is 16.5. The van der Waals surface area contributed by atoms with Crippen molar-refractivity contribution >= 4 is 11.8 Å². The lowest BCUT2D eigenvalue weighted by molar-refractivity contribution is -0.225. The molecule has 0 radical (unpaired) electrons. The number of carbonyl (C=O) groups excluding carboxylic acids is 2. The summed E-state index contributed by atoms with van der Waals surface area (Å²) in [6, 6.07) is 14.2. The van der Waals surface area contributed by atoms with Crippen molar-refractivity contribution in [3.05, 3.63) is 70.3 Å². The van der Waals surface area contributed by atoms with E-state index in [4.69, 9.17) is 10.5 Å². The number of amides is 2. The molecular formula is C33H49N3O6. The molecule has 0 bridgehead atoms. The normalized spacial score (nSPS) is 23.9. The van der Waals surface area contributed by atoms with Gasteiger partial charge in [0.25, 0.3) is 0 Å². The number of benzene rings is 2. The molecule has 1 fully saturated rings. The van der Waals surface area contributed by atoms with Gasteiger partial charge in [-0.25, -0.2) is 0 Å². The molecular weight excluding hydrogens is 534 g/mol. The Hall–Kier alpha value is -2.82. The third-order valence-electron chi connectivity index (χ3n) is 8.34. The smallest absolute Gasteiger partial charge is 0.242 e. The molecule has 2 amide bonds. The highest BCUT2D eigenvalue weighted by Crippen LogP contribution is 2.34. The molecule has 2 aromatic carbocycles. The van der Waals surface area contributed by atoms with Crippen molar-refractivity contribution < 1.29 is 29.6 Å². The molecule has 0 spiro atoms. The van der Waals surface area contributed by atoms with Crippen LogP contribution in [0.5, 0.6) is 0 Å². The van der Waals surface area contributed by atoms with Crippen LogP contribution >= 0.6 is 0 Å². The second-order valence-corrected chi connectivity index (χ2v) is 12.2. The standard InChI is InChI=1S/C33H49N3O6/c1-6-26-28(38)29(39)30(40)31(42-26)24-16-11-21(2)25(20-24)19-23-14-12-22(13-15-23)9-7-10-27(37)35-33(3,32(34)41)17-8-18-36(4)5/h11-16,20,26,28-31,38-40H,6-10,17-19H2,1-5H3,(H2,34,41)(H,35,37)/t26-,28-,29+,30-,31+,33?/m1/s1. The Morgan fingerprint density at radius 2 is 1.67 bits per heavy atom. The maximum absolute atomic E-state index is 12.6. The molecule has 2 aromatic rings. The maximum atomic E-state index is 12.6. The number of rotatable bonds is 14. The Bertz CT molecular complexity index is 1180. The zero-order valence-electron chi connectivity index (χ0n) is 25.7. The van der Waals surface area contributed by atoms with Gasteiger partial charge in [0, 0.05) is 6.42 Å². The molecule has 6 atom stereocenters. The lowest BCUT2D eigenvalue weighted by Gasteiger charge is -2.40. The summed E-state index contributed by atoms with van der Waals surface area (Å²) in [6.45, 7) is 6.42. The van der Waals surface area contributed by atoms with Crippen molar-refractivity contribution in [2.45, 2.75) is 102 Å². The van der Waals surface area contributed by atoms with Gasteiger partial charge in [-0.15, -0.1) is 0 Å². The minimum absolute atomic E-state index is 0.174. The first-order valence-corrected chi connectivity index (χ1v) is 15.0. The fourth-order valence-corrected chi connectivity index (χ4v) is 5.49. The van der Waals surface area contributed by atoms with E-state index < -0.39 is 42.0 Å². The second kappa shape index (κ2) is 15.1. The van der Waals surface area contributed by atoms with E-state index in [1.807, 2.05) is 51.0 Å². The van der Waals surface area contributed by atoms with E-state index in [2.05, 4.69) is 29.6 Å². The molecule has 6 N–H and O–H groups in total. The molecule has 1 saturated heterocycles. The Kier molecular flexibility index (Phi) is 12.1. The monoisotopic (exact) mass is 583 g/mol. The minimum Gasteiger partial charge on any atom is -0.388 e. The quantitative estimate of drug-likeness (QED) is 0.230. The number of nitrogens with zero attached hydrogens (tertiary/aromatic N) is 1. The lowest BCUT2D eigenvalue weighted by atomic mass is 9.88. The summed E-state index contributed by atoms with van der Waals surface area (Å²) in [5, 5.41) is 34.0. The summed E-state index contributed by atoms with van der Waals surface area (Å²) >= 11 is 0. The molecule has 9 heteroatoms. The van der Waals surface area contributed by atoms with Gasteiger partial charge in [-0.3, -0.25) is 9.59 Å². The van der Waals surface area contributed by atoms with Crippen LogP contribution in [0, 0.1) is 6.92 Å². The van der Waals surface area contributed by atoms with E-state index in [0.29, 0.717) is 32.1 Å². The topological polar surface area (TPSA) is 145 Å².